The number of nitrogens with zero attached hydrogens (tertiary/aromatic N) is 2. The van der Waals surface area contributed by atoms with Crippen LogP contribution in [0.2, 0.25) is 5.02 Å². The summed E-state index contributed by atoms with van der Waals surface area (Å²) in [5.74, 6) is 2.16. The number of nitrogens with one attached hydrogen (secondary N) is 2. The van der Waals surface area contributed by atoms with E-state index in [1.807, 2.05) is 18.2 Å². The summed E-state index contributed by atoms with van der Waals surface area (Å²) in [7, 11) is 1.63. The predicted molar refractivity (Wildman–Crippen MR) is 143 cm³/mol. The summed E-state index contributed by atoms with van der Waals surface area (Å²) in [6.07, 6.45) is 3.45. The molecule has 2 heterocycles. The zero-order valence-corrected chi connectivity index (χ0v) is 21.4. The molecular formula is C28H28ClFN4O3. The molecule has 4 aromatic rings. The first-order valence-corrected chi connectivity index (χ1v) is 12.5. The van der Waals surface area contributed by atoms with Crippen molar-refractivity contribution in [1.29, 1.82) is 0 Å². The first kappa shape index (κ1) is 25.0. The average molecular weight is 523 g/mol. The van der Waals surface area contributed by atoms with Gasteiger partial charge < -0.3 is 24.8 Å². The fraction of sp³-hybridized carbons (Fsp3) is 0.286. The SMILES string of the molecule is COc1cc2ncnc(Nc3ccc(OCc4ccc(F)cc4)c(Cl)c3)c2cc1OC1CCNC(C)C1. The van der Waals surface area contributed by atoms with Crippen LogP contribution >= 0.6 is 11.6 Å². The second-order valence-corrected chi connectivity index (χ2v) is 9.45. The Morgan fingerprint density at radius 3 is 2.65 bits per heavy atom. The van der Waals surface area contributed by atoms with Gasteiger partial charge in [0.15, 0.2) is 11.5 Å². The van der Waals surface area contributed by atoms with Gasteiger partial charge >= 0.3 is 0 Å². The summed E-state index contributed by atoms with van der Waals surface area (Å²) in [6.45, 7) is 3.36. The van der Waals surface area contributed by atoms with Gasteiger partial charge in [0.1, 0.15) is 36.4 Å². The maximum absolute atomic E-state index is 13.1. The lowest BCUT2D eigenvalue weighted by Gasteiger charge is -2.29. The Morgan fingerprint density at radius 1 is 1.05 bits per heavy atom. The Bertz CT molecular complexity index is 1390. The zero-order valence-electron chi connectivity index (χ0n) is 20.6. The van der Waals surface area contributed by atoms with E-state index in [1.165, 1.54) is 18.5 Å². The van der Waals surface area contributed by atoms with Crippen molar-refractivity contribution in [1.82, 2.24) is 15.3 Å². The highest BCUT2D eigenvalue weighted by atomic mass is 35.5. The van der Waals surface area contributed by atoms with Crippen LogP contribution in [0, 0.1) is 5.82 Å². The van der Waals surface area contributed by atoms with Crippen molar-refractivity contribution in [2.75, 3.05) is 19.0 Å². The molecule has 3 aromatic carbocycles. The van der Waals surface area contributed by atoms with E-state index >= 15 is 0 Å². The molecule has 1 saturated heterocycles. The van der Waals surface area contributed by atoms with Gasteiger partial charge in [-0.3, -0.25) is 0 Å². The van der Waals surface area contributed by atoms with Gasteiger partial charge in [0, 0.05) is 23.2 Å². The van der Waals surface area contributed by atoms with Crippen molar-refractivity contribution < 1.29 is 18.6 Å². The maximum atomic E-state index is 13.1. The lowest BCUT2D eigenvalue weighted by molar-refractivity contribution is 0.139. The van der Waals surface area contributed by atoms with E-state index in [4.69, 9.17) is 25.8 Å². The normalized spacial score (nSPS) is 17.4. The van der Waals surface area contributed by atoms with Gasteiger partial charge in [0.05, 0.1) is 17.6 Å². The van der Waals surface area contributed by atoms with Crippen molar-refractivity contribution in [3.05, 3.63) is 77.3 Å². The maximum Gasteiger partial charge on any atom is 0.162 e. The van der Waals surface area contributed by atoms with Crippen LogP contribution < -0.4 is 24.8 Å². The van der Waals surface area contributed by atoms with Crippen LogP contribution in [0.25, 0.3) is 10.9 Å². The first-order chi connectivity index (χ1) is 18.0. The highest BCUT2D eigenvalue weighted by molar-refractivity contribution is 6.32. The number of fused-ring (bicyclic) bond motifs is 1. The molecule has 0 amide bonds. The minimum atomic E-state index is -0.285. The summed E-state index contributed by atoms with van der Waals surface area (Å²) in [4.78, 5) is 8.88. The largest absolute Gasteiger partial charge is 0.493 e. The van der Waals surface area contributed by atoms with Crippen molar-refractivity contribution >= 4 is 34.0 Å². The summed E-state index contributed by atoms with van der Waals surface area (Å²) in [5, 5.41) is 8.02. The number of rotatable bonds is 8. The molecule has 37 heavy (non-hydrogen) atoms. The van der Waals surface area contributed by atoms with E-state index < -0.39 is 0 Å². The molecule has 1 aliphatic rings. The lowest BCUT2D eigenvalue weighted by Crippen LogP contribution is -2.40. The molecule has 1 aromatic heterocycles. The molecule has 5 rings (SSSR count). The molecule has 0 saturated carbocycles. The molecule has 9 heteroatoms. The molecule has 2 N–H and O–H groups in total. The highest BCUT2D eigenvalue weighted by Gasteiger charge is 2.22. The van der Waals surface area contributed by atoms with Crippen LogP contribution in [0.5, 0.6) is 17.2 Å². The van der Waals surface area contributed by atoms with Gasteiger partial charge in [-0.2, -0.15) is 0 Å². The number of hydrogen-bond donors (Lipinski definition) is 2. The van der Waals surface area contributed by atoms with E-state index in [0.717, 1.165) is 41.5 Å². The number of ether oxygens (including phenoxy) is 3. The molecular weight excluding hydrogens is 495 g/mol. The van der Waals surface area contributed by atoms with Crippen LogP contribution in [0.3, 0.4) is 0 Å². The molecule has 2 atom stereocenters. The third kappa shape index (κ3) is 6.03. The van der Waals surface area contributed by atoms with E-state index in [9.17, 15) is 4.39 Å². The molecule has 1 fully saturated rings. The van der Waals surface area contributed by atoms with E-state index in [0.29, 0.717) is 34.1 Å². The van der Waals surface area contributed by atoms with Gasteiger partial charge in [-0.05, 0) is 68.3 Å². The standard InChI is InChI=1S/C28H28ClFN4O3/c1-17-11-21(9-10-31-17)37-27-13-22-24(14-26(27)35-2)32-16-33-28(22)34-20-7-8-25(23(29)12-20)36-15-18-3-5-19(30)6-4-18/h3-8,12-14,16-17,21,31H,9-11,15H2,1-2H3,(H,32,33,34). The number of benzene rings is 3. The van der Waals surface area contributed by atoms with Gasteiger partial charge in [0.25, 0.3) is 0 Å². The summed E-state index contributed by atoms with van der Waals surface area (Å²) >= 11 is 6.49. The second-order valence-electron chi connectivity index (χ2n) is 9.05. The minimum absolute atomic E-state index is 0.102. The van der Waals surface area contributed by atoms with E-state index in [1.54, 1.807) is 31.4 Å². The monoisotopic (exact) mass is 522 g/mol. The molecule has 0 aliphatic carbocycles. The van der Waals surface area contributed by atoms with Crippen LogP contribution in [0.1, 0.15) is 25.3 Å². The Kier molecular flexibility index (Phi) is 7.58. The topological polar surface area (TPSA) is 77.5 Å². The fourth-order valence-corrected chi connectivity index (χ4v) is 4.60. The predicted octanol–water partition coefficient (Wildman–Crippen LogP) is 6.27. The third-order valence-electron chi connectivity index (χ3n) is 6.29. The minimum Gasteiger partial charge on any atom is -0.493 e. The van der Waals surface area contributed by atoms with Crippen LogP contribution in [0.4, 0.5) is 15.9 Å². The van der Waals surface area contributed by atoms with Crippen molar-refractivity contribution in [3.8, 4) is 17.2 Å². The zero-order chi connectivity index (χ0) is 25.8. The summed E-state index contributed by atoms with van der Waals surface area (Å²) in [6, 6.07) is 15.8. The van der Waals surface area contributed by atoms with Crippen LogP contribution in [-0.4, -0.2) is 35.8 Å². The quantitative estimate of drug-likeness (QED) is 0.282. The molecule has 7 nitrogen and oxygen atoms in total. The molecule has 1 aliphatic heterocycles. The number of aromatic nitrogens is 2. The Balaban J connectivity index is 1.35. The van der Waals surface area contributed by atoms with Gasteiger partial charge in [0.2, 0.25) is 0 Å². The Morgan fingerprint density at radius 2 is 1.89 bits per heavy atom. The smallest absolute Gasteiger partial charge is 0.162 e. The lowest BCUT2D eigenvalue weighted by atomic mass is 10.0. The average Bonchev–Trinajstić information content (AvgIpc) is 2.89. The number of anilines is 2. The number of piperidine rings is 1. The van der Waals surface area contributed by atoms with Crippen molar-refractivity contribution in [2.24, 2.45) is 0 Å². The van der Waals surface area contributed by atoms with Gasteiger partial charge in [-0.15, -0.1) is 0 Å². The fourth-order valence-electron chi connectivity index (χ4n) is 4.36. The van der Waals surface area contributed by atoms with Crippen LogP contribution in [0.15, 0.2) is 60.9 Å². The number of methoxy groups -OCH3 is 1. The Hall–Kier alpha value is -3.62. The van der Waals surface area contributed by atoms with Crippen molar-refractivity contribution in [2.45, 2.75) is 38.5 Å². The molecule has 192 valence electrons. The highest BCUT2D eigenvalue weighted by Crippen LogP contribution is 2.37. The van der Waals surface area contributed by atoms with Gasteiger partial charge in [-0.25, -0.2) is 14.4 Å². The van der Waals surface area contributed by atoms with Crippen LogP contribution in [-0.2, 0) is 6.61 Å². The van der Waals surface area contributed by atoms with Gasteiger partial charge in [-0.1, -0.05) is 23.7 Å². The Labute approximate surface area is 219 Å². The van der Waals surface area contributed by atoms with E-state index in [2.05, 4.69) is 27.5 Å². The number of halogens is 2. The third-order valence-corrected chi connectivity index (χ3v) is 6.59. The van der Waals surface area contributed by atoms with E-state index in [-0.39, 0.29) is 18.5 Å². The molecule has 0 bridgehead atoms. The molecule has 2 unspecified atom stereocenters. The second kappa shape index (κ2) is 11.2. The van der Waals surface area contributed by atoms with Crippen molar-refractivity contribution in [3.63, 3.8) is 0 Å². The molecule has 0 radical (unpaired) electrons. The number of hydrogen-bond acceptors (Lipinski definition) is 7. The summed E-state index contributed by atoms with van der Waals surface area (Å²) < 4.78 is 30.9. The first-order valence-electron chi connectivity index (χ1n) is 12.1. The molecule has 0 spiro atoms. The summed E-state index contributed by atoms with van der Waals surface area (Å²) in [5.41, 5.74) is 2.31.